The third-order valence-corrected chi connectivity index (χ3v) is 3.24. The summed E-state index contributed by atoms with van der Waals surface area (Å²) in [5.41, 5.74) is 0. The lowest BCUT2D eigenvalue weighted by Gasteiger charge is -2.19. The first-order chi connectivity index (χ1) is 6.01. The summed E-state index contributed by atoms with van der Waals surface area (Å²) in [4.78, 5) is 33.4. The molecule has 0 aliphatic heterocycles. The molecule has 0 aromatic rings. The van der Waals surface area contributed by atoms with Crippen LogP contribution in [-0.2, 0) is 18.2 Å². The van der Waals surface area contributed by atoms with E-state index >= 15 is 0 Å². The summed E-state index contributed by atoms with van der Waals surface area (Å²) in [5, 5.41) is -1.32. The van der Waals surface area contributed by atoms with Crippen molar-refractivity contribution in [3.63, 3.8) is 0 Å². The zero-order chi connectivity index (χ0) is 11.6. The van der Waals surface area contributed by atoms with Gasteiger partial charge < -0.3 is 19.6 Å². The molecule has 0 radical (unpaired) electrons. The Balaban J connectivity index is 4.20. The van der Waals surface area contributed by atoms with Crippen LogP contribution in [0.3, 0.4) is 0 Å². The average molecular weight is 315 g/mol. The minimum absolute atomic E-state index is 1.17. The molecule has 0 bridgehead atoms. The van der Waals surface area contributed by atoms with Crippen LogP contribution in [-0.4, -0.2) is 30.7 Å². The molecule has 0 aliphatic carbocycles. The minimum atomic E-state index is -4.72. The van der Waals surface area contributed by atoms with Crippen molar-refractivity contribution in [1.29, 1.82) is 0 Å². The van der Waals surface area contributed by atoms with Crippen LogP contribution in [0.2, 0.25) is 0 Å². The average Bonchev–Trinajstić information content (AvgIpc) is 1.78. The molecule has 0 saturated carbocycles. The van der Waals surface area contributed by atoms with Gasteiger partial charge in [0, 0.05) is 0 Å². The molecule has 2 unspecified atom stereocenters. The maximum Gasteiger partial charge on any atom is 0.470 e. The predicted octanol–water partition coefficient (Wildman–Crippen LogP) is 0.315. The lowest BCUT2D eigenvalue weighted by atomic mass is 10.5. The monoisotopic (exact) mass is 314 g/mol. The second kappa shape index (κ2) is 5.16. The molecule has 0 aliphatic rings. The van der Waals surface area contributed by atoms with E-state index in [1.54, 1.807) is 0 Å². The summed E-state index contributed by atoms with van der Waals surface area (Å²) in [6.07, 6.45) is -1.22. The first-order valence-electron chi connectivity index (χ1n) is 3.13. The van der Waals surface area contributed by atoms with Crippen molar-refractivity contribution in [2.75, 3.05) is 0 Å². The fourth-order valence-corrected chi connectivity index (χ4v) is 2.39. The second-order valence-electron chi connectivity index (χ2n) is 2.25. The quantitative estimate of drug-likeness (QED) is 0.421. The number of rotatable bonds is 5. The molecular formula is C3H9BrO8P2. The SMILES string of the molecule is CC(OP(=O)(O)O)C(Br)OP(=O)(O)O. The number of hydrogen-bond acceptors (Lipinski definition) is 4. The summed E-state index contributed by atoms with van der Waals surface area (Å²) in [6, 6.07) is 0. The van der Waals surface area contributed by atoms with E-state index in [4.69, 9.17) is 19.6 Å². The van der Waals surface area contributed by atoms with Crippen molar-refractivity contribution in [3.8, 4) is 0 Å². The summed E-state index contributed by atoms with van der Waals surface area (Å²) < 4.78 is 28.8. The summed E-state index contributed by atoms with van der Waals surface area (Å²) in [7, 11) is -9.43. The van der Waals surface area contributed by atoms with Gasteiger partial charge in [0.15, 0.2) is 5.01 Å². The van der Waals surface area contributed by atoms with Crippen molar-refractivity contribution >= 4 is 31.6 Å². The molecule has 0 saturated heterocycles. The van der Waals surface area contributed by atoms with E-state index in [0.29, 0.717) is 0 Å². The highest BCUT2D eigenvalue weighted by Crippen LogP contribution is 2.44. The van der Waals surface area contributed by atoms with Gasteiger partial charge in [-0.05, 0) is 6.92 Å². The van der Waals surface area contributed by atoms with Crippen LogP contribution in [0.1, 0.15) is 6.92 Å². The highest BCUT2D eigenvalue weighted by atomic mass is 79.9. The molecule has 0 spiro atoms. The first kappa shape index (κ1) is 14.7. The fraction of sp³-hybridized carbons (Fsp3) is 1.00. The Labute approximate surface area is 87.8 Å². The number of phosphoric acid groups is 2. The topological polar surface area (TPSA) is 134 Å². The van der Waals surface area contributed by atoms with Crippen molar-refractivity contribution in [2.24, 2.45) is 0 Å². The second-order valence-corrected chi connectivity index (χ2v) is 5.53. The molecule has 0 aromatic heterocycles. The number of phosphoric ester groups is 2. The Morgan fingerprint density at radius 3 is 1.71 bits per heavy atom. The number of alkyl halides is 1. The van der Waals surface area contributed by atoms with Crippen LogP contribution in [0.15, 0.2) is 0 Å². The van der Waals surface area contributed by atoms with E-state index in [9.17, 15) is 9.13 Å². The number of halogens is 1. The molecule has 2 atom stereocenters. The lowest BCUT2D eigenvalue weighted by Crippen LogP contribution is -2.21. The molecule has 0 heterocycles. The number of hydrogen-bond donors (Lipinski definition) is 4. The largest absolute Gasteiger partial charge is 0.470 e. The molecular weight excluding hydrogens is 306 g/mol. The molecule has 86 valence electrons. The van der Waals surface area contributed by atoms with E-state index in [2.05, 4.69) is 25.0 Å². The van der Waals surface area contributed by atoms with Crippen LogP contribution in [0.4, 0.5) is 0 Å². The van der Waals surface area contributed by atoms with Gasteiger partial charge in [0.2, 0.25) is 0 Å². The van der Waals surface area contributed by atoms with E-state index in [0.717, 1.165) is 0 Å². The molecule has 8 nitrogen and oxygen atoms in total. The Morgan fingerprint density at radius 1 is 1.07 bits per heavy atom. The van der Waals surface area contributed by atoms with E-state index in [-0.39, 0.29) is 0 Å². The molecule has 11 heteroatoms. The molecule has 0 fully saturated rings. The van der Waals surface area contributed by atoms with Crippen molar-refractivity contribution < 1.29 is 37.8 Å². The first-order valence-corrected chi connectivity index (χ1v) is 7.11. The van der Waals surface area contributed by atoms with Crippen LogP contribution < -0.4 is 0 Å². The smallest absolute Gasteiger partial charge is 0.303 e. The maximum atomic E-state index is 10.3. The molecule has 4 N–H and O–H groups in total. The third-order valence-electron chi connectivity index (χ3n) is 0.911. The Hall–Kier alpha value is 0.700. The van der Waals surface area contributed by atoms with E-state index in [1.165, 1.54) is 6.92 Å². The van der Waals surface area contributed by atoms with Crippen molar-refractivity contribution in [1.82, 2.24) is 0 Å². The lowest BCUT2D eigenvalue weighted by molar-refractivity contribution is 0.0703. The standard InChI is InChI=1S/C3H9BrO8P2/c1-2(11-13(5,6)7)3(4)12-14(8,9)10/h2-3H,1H3,(H2,5,6,7)(H2,8,9,10). The van der Waals surface area contributed by atoms with Crippen LogP contribution >= 0.6 is 31.6 Å². The van der Waals surface area contributed by atoms with Gasteiger partial charge in [0.05, 0.1) is 0 Å². The van der Waals surface area contributed by atoms with Gasteiger partial charge in [-0.25, -0.2) is 9.13 Å². The zero-order valence-electron chi connectivity index (χ0n) is 6.85. The van der Waals surface area contributed by atoms with Gasteiger partial charge in [-0.1, -0.05) is 15.9 Å². The molecule has 14 heavy (non-hydrogen) atoms. The zero-order valence-corrected chi connectivity index (χ0v) is 10.2. The van der Waals surface area contributed by atoms with Crippen molar-refractivity contribution in [2.45, 2.75) is 18.0 Å². The van der Waals surface area contributed by atoms with Gasteiger partial charge in [0.25, 0.3) is 0 Å². The summed E-state index contributed by atoms with van der Waals surface area (Å²) in [6.45, 7) is 1.17. The highest BCUT2D eigenvalue weighted by Gasteiger charge is 2.29. The normalized spacial score (nSPS) is 17.9. The fourth-order valence-electron chi connectivity index (χ4n) is 0.481. The molecule has 0 aromatic carbocycles. The molecule has 0 rings (SSSR count). The predicted molar refractivity (Wildman–Crippen MR) is 48.4 cm³/mol. The van der Waals surface area contributed by atoms with Gasteiger partial charge in [-0.2, -0.15) is 0 Å². The van der Waals surface area contributed by atoms with Gasteiger partial charge in [-0.15, -0.1) is 0 Å². The third kappa shape index (κ3) is 8.05. The minimum Gasteiger partial charge on any atom is -0.303 e. The Morgan fingerprint density at radius 2 is 1.43 bits per heavy atom. The maximum absolute atomic E-state index is 10.3. The summed E-state index contributed by atoms with van der Waals surface area (Å²) in [5.74, 6) is 0. The van der Waals surface area contributed by atoms with Crippen molar-refractivity contribution in [3.05, 3.63) is 0 Å². The van der Waals surface area contributed by atoms with Gasteiger partial charge in [-0.3, -0.25) is 9.05 Å². The Bertz CT molecular complexity index is 240. The van der Waals surface area contributed by atoms with Gasteiger partial charge >= 0.3 is 15.6 Å². The van der Waals surface area contributed by atoms with Gasteiger partial charge in [0.1, 0.15) is 6.10 Å². The van der Waals surface area contributed by atoms with Crippen LogP contribution in [0.5, 0.6) is 0 Å². The van der Waals surface area contributed by atoms with E-state index < -0.39 is 26.8 Å². The summed E-state index contributed by atoms with van der Waals surface area (Å²) >= 11 is 2.65. The Kier molecular flexibility index (Phi) is 5.41. The molecule has 0 amide bonds. The van der Waals surface area contributed by atoms with E-state index in [1.807, 2.05) is 0 Å². The highest BCUT2D eigenvalue weighted by molar-refractivity contribution is 9.09. The van der Waals surface area contributed by atoms with Crippen LogP contribution in [0.25, 0.3) is 0 Å². The van der Waals surface area contributed by atoms with Crippen LogP contribution in [0, 0.1) is 0 Å².